The molecule has 1 amide bonds. The number of carbonyl (C=O) groups excluding carboxylic acids is 1. The predicted octanol–water partition coefficient (Wildman–Crippen LogP) is 3.22. The maximum atomic E-state index is 12.8. The van der Waals surface area contributed by atoms with Crippen LogP contribution in [0.4, 0.5) is 0 Å². The quantitative estimate of drug-likeness (QED) is 0.415. The zero-order valence-electron chi connectivity index (χ0n) is 16.0. The van der Waals surface area contributed by atoms with Crippen LogP contribution in [0.25, 0.3) is 16.7 Å². The molecule has 1 aliphatic rings. The first-order valence-electron chi connectivity index (χ1n) is 9.36. The fraction of sp³-hybridized carbons (Fsp3) is 0.227. The lowest BCUT2D eigenvalue weighted by Crippen LogP contribution is -2.47. The van der Waals surface area contributed by atoms with Crippen molar-refractivity contribution in [2.45, 2.75) is 18.1 Å². The van der Waals surface area contributed by atoms with Gasteiger partial charge in [-0.2, -0.15) is 4.31 Å². The molecule has 2 N–H and O–H groups in total. The average Bonchev–Trinajstić information content (AvgIpc) is 2.77. The van der Waals surface area contributed by atoms with Gasteiger partial charge in [0.25, 0.3) is 5.91 Å². The number of allylic oxidation sites excluding steroid dienone is 1. The molecule has 7 heteroatoms. The van der Waals surface area contributed by atoms with E-state index in [1.807, 2.05) is 36.4 Å². The molecule has 0 aliphatic carbocycles. The maximum absolute atomic E-state index is 12.8. The Labute approximate surface area is 171 Å². The Hall–Kier alpha value is -2.74. The highest BCUT2D eigenvalue weighted by Gasteiger charge is 2.37. The number of nitrogens with one attached hydrogen (secondary N) is 1. The van der Waals surface area contributed by atoms with Crippen molar-refractivity contribution in [3.05, 3.63) is 78.9 Å². The van der Waals surface area contributed by atoms with Gasteiger partial charge in [0.2, 0.25) is 10.0 Å². The molecule has 0 spiro atoms. The van der Waals surface area contributed by atoms with Gasteiger partial charge in [-0.25, -0.2) is 13.9 Å². The van der Waals surface area contributed by atoms with Gasteiger partial charge in [0.1, 0.15) is 0 Å². The van der Waals surface area contributed by atoms with E-state index in [4.69, 9.17) is 5.21 Å². The number of hydrogen-bond acceptors (Lipinski definition) is 4. The summed E-state index contributed by atoms with van der Waals surface area (Å²) in [4.78, 5) is 11.8. The monoisotopic (exact) mass is 412 g/mol. The number of hydroxylamine groups is 1. The number of amides is 1. The lowest BCUT2D eigenvalue weighted by molar-refractivity contribution is -0.128. The first-order valence-corrected chi connectivity index (χ1v) is 10.9. The van der Waals surface area contributed by atoms with Crippen LogP contribution in [0.5, 0.6) is 0 Å². The molecule has 0 saturated heterocycles. The van der Waals surface area contributed by atoms with Crippen LogP contribution in [-0.2, 0) is 14.8 Å². The van der Waals surface area contributed by atoms with Gasteiger partial charge < -0.3 is 0 Å². The van der Waals surface area contributed by atoms with Crippen molar-refractivity contribution in [3.63, 3.8) is 0 Å². The molecule has 1 aliphatic heterocycles. The summed E-state index contributed by atoms with van der Waals surface area (Å²) in [7, 11) is -3.90. The predicted molar refractivity (Wildman–Crippen MR) is 113 cm³/mol. The van der Waals surface area contributed by atoms with E-state index in [0.29, 0.717) is 6.42 Å². The zero-order chi connectivity index (χ0) is 20.9. The maximum Gasteiger partial charge on any atom is 0.263 e. The highest BCUT2D eigenvalue weighted by Crippen LogP contribution is 2.27. The van der Waals surface area contributed by atoms with Crippen LogP contribution in [0.3, 0.4) is 0 Å². The molecule has 0 unspecified atom stereocenters. The third kappa shape index (κ3) is 4.64. The number of nitrogens with zero attached hydrogens (tertiary/aromatic N) is 1. The van der Waals surface area contributed by atoms with Gasteiger partial charge in [-0.3, -0.25) is 10.0 Å². The minimum Gasteiger partial charge on any atom is -0.289 e. The fourth-order valence-electron chi connectivity index (χ4n) is 3.42. The van der Waals surface area contributed by atoms with Gasteiger partial charge in [-0.1, -0.05) is 66.7 Å². The van der Waals surface area contributed by atoms with E-state index in [1.165, 1.54) is 15.9 Å². The fourth-order valence-corrected chi connectivity index (χ4v) is 5.11. The van der Waals surface area contributed by atoms with E-state index in [1.54, 1.807) is 0 Å². The smallest absolute Gasteiger partial charge is 0.263 e. The van der Waals surface area contributed by atoms with Gasteiger partial charge in [0.05, 0.1) is 0 Å². The van der Waals surface area contributed by atoms with Crippen molar-refractivity contribution in [2.75, 3.05) is 13.1 Å². The first kappa shape index (κ1) is 21.0. The van der Waals surface area contributed by atoms with Gasteiger partial charge >= 0.3 is 0 Å². The van der Waals surface area contributed by atoms with Crippen LogP contribution in [0.15, 0.2) is 73.3 Å². The van der Waals surface area contributed by atoms with Crippen LogP contribution in [0.2, 0.25) is 0 Å². The second kappa shape index (κ2) is 9.17. The highest BCUT2D eigenvalue weighted by molar-refractivity contribution is 7.90. The van der Waals surface area contributed by atoms with Gasteiger partial charge in [0, 0.05) is 13.1 Å². The summed E-state index contributed by atoms with van der Waals surface area (Å²) in [6.07, 6.45) is 3.71. The highest BCUT2D eigenvalue weighted by atomic mass is 32.2. The van der Waals surface area contributed by atoms with Crippen molar-refractivity contribution < 1.29 is 18.4 Å². The summed E-state index contributed by atoms with van der Waals surface area (Å²) in [6.45, 7) is 3.96. The molecule has 0 aromatic heterocycles. The first-order chi connectivity index (χ1) is 14.0. The van der Waals surface area contributed by atoms with Crippen molar-refractivity contribution >= 4 is 21.5 Å². The molecule has 152 valence electrons. The molecular formula is C22H24N2O4S. The number of carbonyl (C=O) groups is 1. The van der Waals surface area contributed by atoms with E-state index in [0.717, 1.165) is 22.3 Å². The Balaban J connectivity index is 1.75. The third-order valence-electron chi connectivity index (χ3n) is 5.04. The number of sulfonamides is 1. The van der Waals surface area contributed by atoms with E-state index < -0.39 is 21.2 Å². The van der Waals surface area contributed by atoms with Gasteiger partial charge in [-0.05, 0) is 35.1 Å². The van der Waals surface area contributed by atoms with Crippen LogP contribution in [-0.4, -0.2) is 42.2 Å². The van der Waals surface area contributed by atoms with Crippen LogP contribution < -0.4 is 5.48 Å². The SMILES string of the molecule is C=CC[C@H](C(=O)NO)S(=O)(=O)N1CC=C(c2ccc(-c3ccccc3)cc2)CC1. The molecule has 0 fully saturated rings. The molecular weight excluding hydrogens is 388 g/mol. The van der Waals surface area contributed by atoms with Gasteiger partial charge in [-0.15, -0.1) is 6.58 Å². The zero-order valence-corrected chi connectivity index (χ0v) is 16.8. The van der Waals surface area contributed by atoms with E-state index in [9.17, 15) is 13.2 Å². The summed E-state index contributed by atoms with van der Waals surface area (Å²) in [5.41, 5.74) is 5.83. The standard InChI is InChI=1S/C22H24N2O4S/c1-2-6-21(22(25)23-26)29(27,28)24-15-13-20(14-16-24)19-11-9-18(10-12-19)17-7-4-3-5-8-17/h2-5,7-13,21,26H,1,6,14-16H2,(H,23,25)/t21-/m1/s1. The van der Waals surface area contributed by atoms with Crippen molar-refractivity contribution in [1.82, 2.24) is 9.79 Å². The summed E-state index contributed by atoms with van der Waals surface area (Å²) < 4.78 is 26.9. The second-order valence-corrected chi connectivity index (χ2v) is 8.93. The summed E-state index contributed by atoms with van der Waals surface area (Å²) in [5.74, 6) is -0.948. The minimum absolute atomic E-state index is 0.0667. The molecule has 0 radical (unpaired) electrons. The molecule has 6 nitrogen and oxygen atoms in total. The van der Waals surface area contributed by atoms with Crippen LogP contribution in [0, 0.1) is 0 Å². The van der Waals surface area contributed by atoms with Gasteiger partial charge in [0.15, 0.2) is 5.25 Å². The summed E-state index contributed by atoms with van der Waals surface area (Å²) in [6, 6.07) is 18.3. The number of rotatable bonds is 7. The van der Waals surface area contributed by atoms with Crippen molar-refractivity contribution in [1.29, 1.82) is 0 Å². The second-order valence-electron chi connectivity index (χ2n) is 6.81. The normalized spacial score (nSPS) is 16.0. The topological polar surface area (TPSA) is 86.7 Å². The van der Waals surface area contributed by atoms with Crippen LogP contribution in [0.1, 0.15) is 18.4 Å². The molecule has 0 saturated carbocycles. The Morgan fingerprint density at radius 3 is 2.28 bits per heavy atom. The molecule has 2 aromatic rings. The molecule has 29 heavy (non-hydrogen) atoms. The Bertz CT molecular complexity index is 999. The largest absolute Gasteiger partial charge is 0.289 e. The van der Waals surface area contributed by atoms with Crippen LogP contribution >= 0.6 is 0 Å². The van der Waals surface area contributed by atoms with Crippen molar-refractivity contribution in [3.8, 4) is 11.1 Å². The van der Waals surface area contributed by atoms with E-state index in [2.05, 4.69) is 30.8 Å². The summed E-state index contributed by atoms with van der Waals surface area (Å²) >= 11 is 0. The lowest BCUT2D eigenvalue weighted by atomic mass is 9.97. The number of hydrogen-bond donors (Lipinski definition) is 2. The Morgan fingerprint density at radius 2 is 1.72 bits per heavy atom. The number of benzene rings is 2. The molecule has 2 aromatic carbocycles. The average molecular weight is 413 g/mol. The van der Waals surface area contributed by atoms with Crippen molar-refractivity contribution in [2.24, 2.45) is 0 Å². The molecule has 3 rings (SSSR count). The Morgan fingerprint density at radius 1 is 1.10 bits per heavy atom. The molecule has 1 atom stereocenters. The Kier molecular flexibility index (Phi) is 6.64. The molecule has 0 bridgehead atoms. The lowest BCUT2D eigenvalue weighted by Gasteiger charge is -2.29. The minimum atomic E-state index is -3.90. The van der Waals surface area contributed by atoms with E-state index >= 15 is 0 Å². The third-order valence-corrected chi connectivity index (χ3v) is 7.21. The summed E-state index contributed by atoms with van der Waals surface area (Å²) in [5, 5.41) is 7.48. The van der Waals surface area contributed by atoms with E-state index in [-0.39, 0.29) is 19.5 Å². The molecule has 1 heterocycles.